The number of rotatable bonds is 3. The molecule has 0 fully saturated rings. The van der Waals surface area contributed by atoms with E-state index in [4.69, 9.17) is 0 Å². The van der Waals surface area contributed by atoms with Gasteiger partial charge in [-0.15, -0.1) is 0 Å². The summed E-state index contributed by atoms with van der Waals surface area (Å²) in [4.78, 5) is 10.9. The molecule has 0 unspecified atom stereocenters. The highest BCUT2D eigenvalue weighted by molar-refractivity contribution is 5.75. The van der Waals surface area contributed by atoms with Crippen molar-refractivity contribution in [3.05, 3.63) is 17.0 Å². The summed E-state index contributed by atoms with van der Waals surface area (Å²) in [7, 11) is 0. The normalized spacial score (nSPS) is 14.8. The lowest BCUT2D eigenvalue weighted by atomic mass is 10.2. The largest absolute Gasteiger partial charge is 0.307 e. The Kier molecular flexibility index (Phi) is 2.37. The average Bonchev–Trinajstić information content (AvgIpc) is 2.62. The molecule has 0 aromatic carbocycles. The Labute approximate surface area is 83.3 Å². The summed E-state index contributed by atoms with van der Waals surface area (Å²) in [5.41, 5.74) is 2.87. The predicted octanol–water partition coefficient (Wildman–Crippen LogP) is 0.955. The Hall–Kier alpha value is -1.16. The fourth-order valence-electron chi connectivity index (χ4n) is 1.82. The van der Waals surface area contributed by atoms with Crippen LogP contribution in [0.5, 0.6) is 0 Å². The molecule has 0 spiro atoms. The minimum Gasteiger partial charge on any atom is -0.307 e. The van der Waals surface area contributed by atoms with Gasteiger partial charge >= 0.3 is 0 Å². The lowest BCUT2D eigenvalue weighted by Gasteiger charge is -2.07. The van der Waals surface area contributed by atoms with Crippen LogP contribution in [0.3, 0.4) is 0 Å². The maximum absolute atomic E-state index is 10.9. The first-order valence-electron chi connectivity index (χ1n) is 4.96. The summed E-state index contributed by atoms with van der Waals surface area (Å²) in [6.07, 6.45) is 0.918. The zero-order valence-corrected chi connectivity index (χ0v) is 8.58. The van der Waals surface area contributed by atoms with Gasteiger partial charge in [-0.1, -0.05) is 13.8 Å². The van der Waals surface area contributed by atoms with Crippen molar-refractivity contribution in [2.45, 2.75) is 33.5 Å². The van der Waals surface area contributed by atoms with Crippen molar-refractivity contribution < 1.29 is 4.79 Å². The molecule has 76 valence electrons. The van der Waals surface area contributed by atoms with Gasteiger partial charge in [0, 0.05) is 25.2 Å². The highest BCUT2D eigenvalue weighted by Gasteiger charge is 2.21. The van der Waals surface area contributed by atoms with E-state index < -0.39 is 0 Å². The van der Waals surface area contributed by atoms with Crippen LogP contribution in [0.25, 0.3) is 0 Å². The minimum atomic E-state index is 0.515. The fourth-order valence-corrected chi connectivity index (χ4v) is 1.82. The third-order valence-corrected chi connectivity index (χ3v) is 2.42. The smallest absolute Gasteiger partial charge is 0.168 e. The predicted molar refractivity (Wildman–Crippen MR) is 53.0 cm³/mol. The second kappa shape index (κ2) is 3.53. The Morgan fingerprint density at radius 3 is 3.00 bits per heavy atom. The van der Waals surface area contributed by atoms with Gasteiger partial charge < -0.3 is 5.32 Å². The van der Waals surface area contributed by atoms with E-state index in [9.17, 15) is 4.79 Å². The van der Waals surface area contributed by atoms with Gasteiger partial charge in [-0.2, -0.15) is 5.10 Å². The van der Waals surface area contributed by atoms with Crippen molar-refractivity contribution in [3.63, 3.8) is 0 Å². The van der Waals surface area contributed by atoms with Crippen LogP contribution >= 0.6 is 0 Å². The number of nitrogens with one attached hydrogen (secondary N) is 1. The SMILES string of the molecule is CC(C)Cn1nc2c(c1C=O)CNC2. The summed E-state index contributed by atoms with van der Waals surface area (Å²) >= 11 is 0. The molecule has 0 aliphatic carbocycles. The molecule has 0 saturated heterocycles. The topological polar surface area (TPSA) is 46.9 Å². The molecule has 0 radical (unpaired) electrons. The Morgan fingerprint density at radius 1 is 1.57 bits per heavy atom. The summed E-state index contributed by atoms with van der Waals surface area (Å²) in [6, 6.07) is 0. The molecule has 0 amide bonds. The van der Waals surface area contributed by atoms with Crippen LogP contribution in [-0.2, 0) is 19.6 Å². The number of nitrogens with zero attached hydrogens (tertiary/aromatic N) is 2. The van der Waals surface area contributed by atoms with Crippen LogP contribution in [-0.4, -0.2) is 16.1 Å². The third-order valence-electron chi connectivity index (χ3n) is 2.42. The molecule has 4 heteroatoms. The molecule has 1 aliphatic rings. The standard InChI is InChI=1S/C10H15N3O/c1-7(2)5-13-10(6-14)8-3-11-4-9(8)12-13/h6-7,11H,3-5H2,1-2H3. The van der Waals surface area contributed by atoms with Crippen LogP contribution in [0.4, 0.5) is 0 Å². The summed E-state index contributed by atoms with van der Waals surface area (Å²) in [5, 5.41) is 7.61. The van der Waals surface area contributed by atoms with Crippen molar-refractivity contribution in [1.82, 2.24) is 15.1 Å². The summed E-state index contributed by atoms with van der Waals surface area (Å²) < 4.78 is 1.84. The number of carbonyl (C=O) groups excluding carboxylic acids is 1. The molecule has 0 saturated carbocycles. The van der Waals surface area contributed by atoms with E-state index in [0.29, 0.717) is 5.92 Å². The molecule has 0 bridgehead atoms. The molecule has 2 rings (SSSR count). The number of hydrogen-bond donors (Lipinski definition) is 1. The van der Waals surface area contributed by atoms with Crippen LogP contribution in [0.15, 0.2) is 0 Å². The van der Waals surface area contributed by atoms with Gasteiger partial charge in [0.2, 0.25) is 0 Å². The second-order valence-electron chi connectivity index (χ2n) is 4.11. The summed E-state index contributed by atoms with van der Waals surface area (Å²) in [6.45, 7) is 6.64. The van der Waals surface area contributed by atoms with Crippen molar-refractivity contribution in [2.75, 3.05) is 0 Å². The maximum atomic E-state index is 10.9. The fraction of sp³-hybridized carbons (Fsp3) is 0.600. The molecule has 0 atom stereocenters. The molecular weight excluding hydrogens is 178 g/mol. The van der Waals surface area contributed by atoms with Gasteiger partial charge in [-0.05, 0) is 5.92 Å². The highest BCUT2D eigenvalue weighted by Crippen LogP contribution is 2.18. The van der Waals surface area contributed by atoms with Gasteiger partial charge in [0.25, 0.3) is 0 Å². The van der Waals surface area contributed by atoms with Crippen LogP contribution in [0, 0.1) is 5.92 Å². The Morgan fingerprint density at radius 2 is 2.36 bits per heavy atom. The molecule has 1 aliphatic heterocycles. The van der Waals surface area contributed by atoms with Crippen molar-refractivity contribution in [1.29, 1.82) is 0 Å². The maximum Gasteiger partial charge on any atom is 0.168 e. The number of fused-ring (bicyclic) bond motifs is 1. The number of hydrogen-bond acceptors (Lipinski definition) is 3. The van der Waals surface area contributed by atoms with E-state index >= 15 is 0 Å². The second-order valence-corrected chi connectivity index (χ2v) is 4.11. The number of aromatic nitrogens is 2. The molecular formula is C10H15N3O. The van der Waals surface area contributed by atoms with E-state index in [-0.39, 0.29) is 0 Å². The Balaban J connectivity index is 2.36. The lowest BCUT2D eigenvalue weighted by molar-refractivity contribution is 0.111. The van der Waals surface area contributed by atoms with E-state index in [2.05, 4.69) is 24.3 Å². The molecule has 1 N–H and O–H groups in total. The van der Waals surface area contributed by atoms with E-state index in [1.165, 1.54) is 0 Å². The van der Waals surface area contributed by atoms with Crippen molar-refractivity contribution >= 4 is 6.29 Å². The monoisotopic (exact) mass is 193 g/mol. The molecule has 14 heavy (non-hydrogen) atoms. The quantitative estimate of drug-likeness (QED) is 0.727. The third kappa shape index (κ3) is 1.46. The highest BCUT2D eigenvalue weighted by atomic mass is 16.1. The van der Waals surface area contributed by atoms with Crippen molar-refractivity contribution in [3.8, 4) is 0 Å². The Bertz CT molecular complexity index is 354. The first-order valence-corrected chi connectivity index (χ1v) is 4.96. The van der Waals surface area contributed by atoms with Gasteiger partial charge in [-0.3, -0.25) is 9.48 Å². The van der Waals surface area contributed by atoms with E-state index in [1.54, 1.807) is 0 Å². The lowest BCUT2D eigenvalue weighted by Crippen LogP contribution is -2.13. The van der Waals surface area contributed by atoms with Gasteiger partial charge in [-0.25, -0.2) is 0 Å². The molecule has 2 heterocycles. The number of aldehydes is 1. The van der Waals surface area contributed by atoms with Gasteiger partial charge in [0.15, 0.2) is 6.29 Å². The van der Waals surface area contributed by atoms with Crippen molar-refractivity contribution in [2.24, 2.45) is 5.92 Å². The van der Waals surface area contributed by atoms with Crippen LogP contribution in [0.1, 0.15) is 35.6 Å². The molecule has 1 aromatic rings. The van der Waals surface area contributed by atoms with E-state index in [1.807, 2.05) is 4.68 Å². The molecule has 4 nitrogen and oxygen atoms in total. The number of carbonyl (C=O) groups is 1. The van der Waals surface area contributed by atoms with Crippen LogP contribution < -0.4 is 5.32 Å². The minimum absolute atomic E-state index is 0.515. The van der Waals surface area contributed by atoms with Gasteiger partial charge in [0.05, 0.1) is 5.69 Å². The van der Waals surface area contributed by atoms with Gasteiger partial charge in [0.1, 0.15) is 5.69 Å². The zero-order chi connectivity index (χ0) is 10.1. The van der Waals surface area contributed by atoms with E-state index in [0.717, 1.165) is 42.9 Å². The van der Waals surface area contributed by atoms with Crippen LogP contribution in [0.2, 0.25) is 0 Å². The molecule has 1 aromatic heterocycles. The average molecular weight is 193 g/mol. The summed E-state index contributed by atoms with van der Waals surface area (Å²) in [5.74, 6) is 0.515. The first kappa shape index (κ1) is 9.40. The first-order chi connectivity index (χ1) is 6.72. The zero-order valence-electron chi connectivity index (χ0n) is 8.58.